The molecule has 2 heterocycles. The second-order valence-corrected chi connectivity index (χ2v) is 7.26. The van der Waals surface area contributed by atoms with Gasteiger partial charge in [0.25, 0.3) is 22.3 Å². The molecule has 0 saturated carbocycles. The number of benzene rings is 1. The molecule has 134 valence electrons. The van der Waals surface area contributed by atoms with E-state index in [1.807, 2.05) is 0 Å². The Morgan fingerprint density at radius 1 is 1.44 bits per heavy atom. The number of aromatic nitrogens is 3. The topological polar surface area (TPSA) is 89.0 Å². The molecule has 7 nitrogen and oxygen atoms in total. The van der Waals surface area contributed by atoms with E-state index in [-0.39, 0.29) is 16.5 Å². The summed E-state index contributed by atoms with van der Waals surface area (Å²) >= 11 is 5.88. The van der Waals surface area contributed by atoms with Crippen molar-refractivity contribution in [3.63, 3.8) is 0 Å². The zero-order valence-electron chi connectivity index (χ0n) is 12.8. The van der Waals surface area contributed by atoms with Crippen molar-refractivity contribution in [3.8, 4) is 5.88 Å². The van der Waals surface area contributed by atoms with Crippen molar-refractivity contribution in [1.82, 2.24) is 14.8 Å². The molecular formula is C14H13ClF2N4O3S. The van der Waals surface area contributed by atoms with Crippen LogP contribution in [0, 0.1) is 0 Å². The first kappa shape index (κ1) is 17.5. The third-order valence-electron chi connectivity index (χ3n) is 3.28. The fraction of sp³-hybridized carbons (Fsp3) is 0.214. The SMILES string of the molecule is Cn1cc(NS(=O)(=O)c2c[nH]c3cc(Cl)ccc23)c(OCC(F)F)n1. The number of H-pyrrole nitrogens is 1. The van der Waals surface area contributed by atoms with Crippen molar-refractivity contribution >= 4 is 38.2 Å². The second kappa shape index (κ2) is 6.52. The van der Waals surface area contributed by atoms with Crippen molar-refractivity contribution in [2.75, 3.05) is 11.3 Å². The Kier molecular flexibility index (Phi) is 4.56. The van der Waals surface area contributed by atoms with E-state index in [2.05, 4.69) is 14.8 Å². The predicted molar refractivity (Wildman–Crippen MR) is 88.8 cm³/mol. The van der Waals surface area contributed by atoms with E-state index in [1.165, 1.54) is 24.1 Å². The lowest BCUT2D eigenvalue weighted by molar-refractivity contribution is 0.0796. The summed E-state index contributed by atoms with van der Waals surface area (Å²) in [5.41, 5.74) is 0.514. The Balaban J connectivity index is 1.93. The summed E-state index contributed by atoms with van der Waals surface area (Å²) in [5, 5.41) is 4.73. The molecular weight excluding hydrogens is 378 g/mol. The number of sulfonamides is 1. The van der Waals surface area contributed by atoms with Gasteiger partial charge in [-0.05, 0) is 18.2 Å². The molecule has 1 aromatic carbocycles. The Morgan fingerprint density at radius 2 is 2.20 bits per heavy atom. The molecule has 2 N–H and O–H groups in total. The molecule has 0 saturated heterocycles. The van der Waals surface area contributed by atoms with Gasteiger partial charge in [0.15, 0.2) is 6.61 Å². The van der Waals surface area contributed by atoms with Crippen LogP contribution in [0.2, 0.25) is 5.02 Å². The van der Waals surface area contributed by atoms with Gasteiger partial charge in [0, 0.05) is 29.2 Å². The number of aromatic amines is 1. The number of hydrogen-bond donors (Lipinski definition) is 2. The van der Waals surface area contributed by atoms with E-state index in [0.29, 0.717) is 15.9 Å². The molecule has 0 aliphatic carbocycles. The van der Waals surface area contributed by atoms with Gasteiger partial charge in [-0.15, -0.1) is 5.10 Å². The fourth-order valence-corrected chi connectivity index (χ4v) is 3.67. The van der Waals surface area contributed by atoms with Crippen LogP contribution in [-0.2, 0) is 17.1 Å². The van der Waals surface area contributed by atoms with Gasteiger partial charge in [0.1, 0.15) is 10.6 Å². The van der Waals surface area contributed by atoms with Crippen LogP contribution < -0.4 is 9.46 Å². The summed E-state index contributed by atoms with van der Waals surface area (Å²) in [5.74, 6) is -0.228. The molecule has 0 atom stereocenters. The number of nitrogens with one attached hydrogen (secondary N) is 2. The lowest BCUT2D eigenvalue weighted by atomic mass is 10.2. The first-order valence-corrected chi connectivity index (χ1v) is 8.86. The Bertz CT molecular complexity index is 1020. The van der Waals surface area contributed by atoms with E-state index in [4.69, 9.17) is 16.3 Å². The zero-order valence-corrected chi connectivity index (χ0v) is 14.4. The molecule has 11 heteroatoms. The minimum atomic E-state index is -4.00. The van der Waals surface area contributed by atoms with E-state index >= 15 is 0 Å². The average molecular weight is 391 g/mol. The van der Waals surface area contributed by atoms with Gasteiger partial charge in [-0.3, -0.25) is 9.40 Å². The number of rotatable bonds is 6. The molecule has 0 bridgehead atoms. The highest BCUT2D eigenvalue weighted by Gasteiger charge is 2.23. The molecule has 2 aromatic heterocycles. The van der Waals surface area contributed by atoms with Gasteiger partial charge >= 0.3 is 0 Å². The number of anilines is 1. The van der Waals surface area contributed by atoms with E-state index in [0.717, 1.165) is 0 Å². The van der Waals surface area contributed by atoms with E-state index in [1.54, 1.807) is 18.2 Å². The van der Waals surface area contributed by atoms with Gasteiger partial charge in [0.05, 0.1) is 6.20 Å². The van der Waals surface area contributed by atoms with Crippen LogP contribution in [0.5, 0.6) is 5.88 Å². The Labute approximate surface area is 146 Å². The fourth-order valence-electron chi connectivity index (χ4n) is 2.28. The van der Waals surface area contributed by atoms with E-state index < -0.39 is 23.1 Å². The van der Waals surface area contributed by atoms with Gasteiger partial charge in [-0.2, -0.15) is 0 Å². The molecule has 0 spiro atoms. The molecule has 0 unspecified atom stereocenters. The van der Waals surface area contributed by atoms with Crippen LogP contribution in [0.1, 0.15) is 0 Å². The van der Waals surface area contributed by atoms with Gasteiger partial charge < -0.3 is 9.72 Å². The first-order valence-electron chi connectivity index (χ1n) is 7.00. The number of alkyl halides is 2. The van der Waals surface area contributed by atoms with Crippen LogP contribution in [0.15, 0.2) is 35.5 Å². The maximum absolute atomic E-state index is 12.7. The summed E-state index contributed by atoms with van der Waals surface area (Å²) in [7, 11) is -2.49. The Hall–Kier alpha value is -2.33. The van der Waals surface area contributed by atoms with Gasteiger partial charge in [0.2, 0.25) is 0 Å². The molecule has 3 rings (SSSR count). The second-order valence-electron chi connectivity index (χ2n) is 5.17. The van der Waals surface area contributed by atoms with Crippen molar-refractivity contribution in [2.45, 2.75) is 11.3 Å². The first-order chi connectivity index (χ1) is 11.8. The number of ether oxygens (including phenoxy) is 1. The normalized spacial score (nSPS) is 12.0. The van der Waals surface area contributed by atoms with Crippen LogP contribution in [0.3, 0.4) is 0 Å². The number of aryl methyl sites for hydroxylation is 1. The predicted octanol–water partition coefficient (Wildman–Crippen LogP) is 3.00. The highest BCUT2D eigenvalue weighted by molar-refractivity contribution is 7.93. The molecule has 0 fully saturated rings. The maximum atomic E-state index is 12.7. The van der Waals surface area contributed by atoms with Crippen molar-refractivity contribution in [1.29, 1.82) is 0 Å². The van der Waals surface area contributed by atoms with Crippen molar-refractivity contribution in [2.24, 2.45) is 7.05 Å². The lowest BCUT2D eigenvalue weighted by Crippen LogP contribution is -2.14. The smallest absolute Gasteiger partial charge is 0.272 e. The average Bonchev–Trinajstić information content (AvgIpc) is 3.08. The van der Waals surface area contributed by atoms with E-state index in [9.17, 15) is 17.2 Å². The monoisotopic (exact) mass is 390 g/mol. The highest BCUT2D eigenvalue weighted by atomic mass is 35.5. The summed E-state index contributed by atoms with van der Waals surface area (Å²) in [6, 6.07) is 4.73. The minimum absolute atomic E-state index is 0.0113. The van der Waals surface area contributed by atoms with Gasteiger partial charge in [-0.1, -0.05) is 11.6 Å². The summed E-state index contributed by atoms with van der Waals surface area (Å²) in [6.07, 6.45) is -0.0615. The molecule has 0 aliphatic rings. The highest BCUT2D eigenvalue weighted by Crippen LogP contribution is 2.29. The molecule has 25 heavy (non-hydrogen) atoms. The molecule has 0 amide bonds. The quantitative estimate of drug-likeness (QED) is 0.677. The molecule has 0 radical (unpaired) electrons. The maximum Gasteiger partial charge on any atom is 0.272 e. The van der Waals surface area contributed by atoms with Crippen LogP contribution in [0.25, 0.3) is 10.9 Å². The van der Waals surface area contributed by atoms with Gasteiger partial charge in [-0.25, -0.2) is 17.2 Å². The van der Waals surface area contributed by atoms with Crippen LogP contribution in [0.4, 0.5) is 14.5 Å². The van der Waals surface area contributed by atoms with Crippen molar-refractivity contribution < 1.29 is 21.9 Å². The Morgan fingerprint density at radius 3 is 2.92 bits per heavy atom. The largest absolute Gasteiger partial charge is 0.469 e. The lowest BCUT2D eigenvalue weighted by Gasteiger charge is -2.08. The third kappa shape index (κ3) is 3.69. The standard InChI is InChI=1S/C14H13ClF2N4O3S/c1-21-6-11(14(19-21)24-7-13(16)17)20-25(22,23)12-5-18-10-4-8(15)2-3-9(10)12/h2-6,13,18,20H,7H2,1H3. The van der Waals surface area contributed by atoms with Crippen molar-refractivity contribution in [3.05, 3.63) is 35.6 Å². The number of fused-ring (bicyclic) bond motifs is 1. The zero-order chi connectivity index (χ0) is 18.2. The molecule has 0 aliphatic heterocycles. The number of nitrogens with zero attached hydrogens (tertiary/aromatic N) is 2. The van der Waals surface area contributed by atoms with Crippen LogP contribution >= 0.6 is 11.6 Å². The summed E-state index contributed by atoms with van der Waals surface area (Å²) < 4.78 is 58.4. The number of halogens is 3. The summed E-state index contributed by atoms with van der Waals surface area (Å²) in [6.45, 7) is -0.892. The number of hydrogen-bond acceptors (Lipinski definition) is 4. The minimum Gasteiger partial charge on any atom is -0.469 e. The summed E-state index contributed by atoms with van der Waals surface area (Å²) in [4.78, 5) is 2.81. The van der Waals surface area contributed by atoms with Crippen LogP contribution in [-0.4, -0.2) is 36.2 Å². The molecule has 3 aromatic rings. The third-order valence-corrected chi connectivity index (χ3v) is 4.92.